The van der Waals surface area contributed by atoms with E-state index in [2.05, 4.69) is 5.32 Å². The number of nitrogens with two attached hydrogens (primary N) is 1. The molecule has 0 bridgehead atoms. The standard InChI is InChI=1S/C16H17N3O6S2/c1-8(20)25-6-9-7-27-15-16(17,14(24)19(15)12(9)13(22)23)18-11(21)5-10-3-2-4-26-10/h2-4,15H,5-7,17H2,1H3,(H,18,21)(H,22,23)/t15-,16?/m1/s1. The van der Waals surface area contributed by atoms with E-state index in [0.29, 0.717) is 5.57 Å². The van der Waals surface area contributed by atoms with Gasteiger partial charge in [0, 0.05) is 23.1 Å². The number of fused-ring (bicyclic) bond motifs is 1. The fourth-order valence-corrected chi connectivity index (χ4v) is 4.96. The average molecular weight is 411 g/mol. The van der Waals surface area contributed by atoms with Gasteiger partial charge in [-0.25, -0.2) is 4.79 Å². The Morgan fingerprint density at radius 1 is 1.48 bits per heavy atom. The number of carbonyl (C=O) groups is 4. The Morgan fingerprint density at radius 2 is 2.22 bits per heavy atom. The van der Waals surface area contributed by atoms with Crippen molar-refractivity contribution in [3.8, 4) is 0 Å². The third-order valence-electron chi connectivity index (χ3n) is 4.10. The van der Waals surface area contributed by atoms with Gasteiger partial charge in [0.1, 0.15) is 17.7 Å². The van der Waals surface area contributed by atoms with Crippen LogP contribution in [0.3, 0.4) is 0 Å². The molecule has 1 unspecified atom stereocenters. The minimum atomic E-state index is -1.67. The summed E-state index contributed by atoms with van der Waals surface area (Å²) < 4.78 is 4.87. The molecule has 1 aromatic heterocycles. The maximum Gasteiger partial charge on any atom is 0.352 e. The van der Waals surface area contributed by atoms with Gasteiger partial charge in [0.05, 0.1) is 6.42 Å². The molecule has 1 fully saturated rings. The molecule has 4 N–H and O–H groups in total. The summed E-state index contributed by atoms with van der Waals surface area (Å²) in [5.74, 6) is -2.79. The largest absolute Gasteiger partial charge is 0.477 e. The maximum atomic E-state index is 12.6. The van der Waals surface area contributed by atoms with Crippen LogP contribution in [0.5, 0.6) is 0 Å². The predicted octanol–water partition coefficient (Wildman–Crippen LogP) is -0.121. The second-order valence-electron chi connectivity index (χ2n) is 6.05. The second-order valence-corrected chi connectivity index (χ2v) is 8.15. The number of ether oxygens (including phenoxy) is 1. The molecule has 2 atom stereocenters. The van der Waals surface area contributed by atoms with Crippen molar-refractivity contribution in [3.63, 3.8) is 0 Å². The first-order chi connectivity index (χ1) is 12.7. The molecule has 144 valence electrons. The zero-order chi connectivity index (χ0) is 19.8. The van der Waals surface area contributed by atoms with E-state index in [4.69, 9.17) is 10.5 Å². The molecule has 3 heterocycles. The topological polar surface area (TPSA) is 139 Å². The minimum Gasteiger partial charge on any atom is -0.477 e. The highest BCUT2D eigenvalue weighted by atomic mass is 32.2. The number of thiophene rings is 1. The van der Waals surface area contributed by atoms with Crippen molar-refractivity contribution >= 4 is 46.9 Å². The van der Waals surface area contributed by atoms with Crippen molar-refractivity contribution in [2.75, 3.05) is 12.4 Å². The zero-order valence-corrected chi connectivity index (χ0v) is 15.9. The number of carboxylic acid groups (broad SMARTS) is 1. The van der Waals surface area contributed by atoms with E-state index in [1.54, 1.807) is 6.07 Å². The lowest BCUT2D eigenvalue weighted by Gasteiger charge is -2.55. The van der Waals surface area contributed by atoms with Crippen molar-refractivity contribution in [2.24, 2.45) is 5.73 Å². The Labute approximate surface area is 162 Å². The fourth-order valence-electron chi connectivity index (χ4n) is 2.91. The number of hydrogen-bond acceptors (Lipinski definition) is 8. The van der Waals surface area contributed by atoms with Gasteiger partial charge in [-0.1, -0.05) is 6.07 Å². The molecule has 0 aromatic carbocycles. The molecule has 0 saturated carbocycles. The molecule has 1 aromatic rings. The summed E-state index contributed by atoms with van der Waals surface area (Å²) in [6.45, 7) is 0.991. The van der Waals surface area contributed by atoms with Gasteiger partial charge in [-0.3, -0.25) is 25.0 Å². The van der Waals surface area contributed by atoms with Gasteiger partial charge in [0.2, 0.25) is 11.6 Å². The van der Waals surface area contributed by atoms with Crippen LogP contribution in [0.4, 0.5) is 0 Å². The summed E-state index contributed by atoms with van der Waals surface area (Å²) in [6.07, 6.45) is 0.0839. The SMILES string of the molecule is CC(=O)OCC1=C(C(=O)O)N2C(=O)C(N)(NC(=O)Cc3cccs3)[C@H]2SC1. The quantitative estimate of drug-likeness (QED) is 0.334. The molecule has 11 heteroatoms. The zero-order valence-electron chi connectivity index (χ0n) is 14.3. The van der Waals surface area contributed by atoms with Crippen LogP contribution in [-0.2, 0) is 30.3 Å². The smallest absolute Gasteiger partial charge is 0.352 e. The van der Waals surface area contributed by atoms with Crippen molar-refractivity contribution < 1.29 is 29.0 Å². The number of nitrogens with zero attached hydrogens (tertiary/aromatic N) is 1. The van der Waals surface area contributed by atoms with E-state index in [1.165, 1.54) is 30.0 Å². The van der Waals surface area contributed by atoms with Crippen molar-refractivity contribution in [3.05, 3.63) is 33.7 Å². The van der Waals surface area contributed by atoms with Crippen LogP contribution >= 0.6 is 23.1 Å². The van der Waals surface area contributed by atoms with Crippen LogP contribution in [0.2, 0.25) is 0 Å². The lowest BCUT2D eigenvalue weighted by Crippen LogP contribution is -2.84. The first-order valence-corrected chi connectivity index (χ1v) is 9.83. The number of hydrogen-bond donors (Lipinski definition) is 3. The van der Waals surface area contributed by atoms with Crippen LogP contribution in [0.25, 0.3) is 0 Å². The average Bonchev–Trinajstić information content (AvgIpc) is 3.11. The summed E-state index contributed by atoms with van der Waals surface area (Å²) in [4.78, 5) is 49.4. The Bertz CT molecular complexity index is 837. The van der Waals surface area contributed by atoms with Gasteiger partial charge in [-0.2, -0.15) is 0 Å². The van der Waals surface area contributed by atoms with Gasteiger partial charge >= 0.3 is 11.9 Å². The first-order valence-electron chi connectivity index (χ1n) is 7.90. The predicted molar refractivity (Wildman–Crippen MR) is 97.5 cm³/mol. The Morgan fingerprint density at radius 3 is 2.81 bits per heavy atom. The number of rotatable bonds is 6. The molecular formula is C16H17N3O6S2. The third-order valence-corrected chi connectivity index (χ3v) is 6.39. The van der Waals surface area contributed by atoms with Crippen molar-refractivity contribution in [2.45, 2.75) is 24.4 Å². The summed E-state index contributed by atoms with van der Waals surface area (Å²) in [5, 5.41) is 13.1. The monoisotopic (exact) mass is 411 g/mol. The van der Waals surface area contributed by atoms with Gasteiger partial charge < -0.3 is 15.2 Å². The van der Waals surface area contributed by atoms with E-state index in [9.17, 15) is 24.3 Å². The Balaban J connectivity index is 1.76. The van der Waals surface area contributed by atoms with Crippen LogP contribution in [0.1, 0.15) is 11.8 Å². The molecule has 0 aliphatic carbocycles. The summed E-state index contributed by atoms with van der Waals surface area (Å²) in [6, 6.07) is 3.61. The number of esters is 1. The van der Waals surface area contributed by atoms with Crippen LogP contribution in [-0.4, -0.2) is 57.2 Å². The summed E-state index contributed by atoms with van der Waals surface area (Å²) in [7, 11) is 0. The van der Waals surface area contributed by atoms with E-state index < -0.39 is 34.8 Å². The van der Waals surface area contributed by atoms with Gasteiger partial charge in [-0.15, -0.1) is 23.1 Å². The number of β-lactam (4-membered cyclic amide) rings is 1. The third kappa shape index (κ3) is 3.57. The molecule has 2 aliphatic rings. The number of carboxylic acids is 1. The fraction of sp³-hybridized carbons (Fsp3) is 0.375. The highest BCUT2D eigenvalue weighted by Crippen LogP contribution is 2.43. The molecule has 27 heavy (non-hydrogen) atoms. The second kappa shape index (κ2) is 7.33. The summed E-state index contributed by atoms with van der Waals surface area (Å²) in [5.41, 5.74) is 4.50. The van der Waals surface area contributed by atoms with Gasteiger partial charge in [-0.05, 0) is 11.4 Å². The number of carbonyl (C=O) groups excluding carboxylic acids is 3. The van der Waals surface area contributed by atoms with Crippen LogP contribution < -0.4 is 11.1 Å². The highest BCUT2D eigenvalue weighted by molar-refractivity contribution is 8.00. The molecule has 2 aliphatic heterocycles. The van der Waals surface area contributed by atoms with Crippen molar-refractivity contribution in [1.29, 1.82) is 0 Å². The normalized spacial score (nSPS) is 24.1. The molecule has 3 rings (SSSR count). The highest BCUT2D eigenvalue weighted by Gasteiger charge is 2.63. The number of thioether (sulfide) groups is 1. The number of aliphatic carboxylic acids is 1. The first kappa shape index (κ1) is 19.4. The Hall–Kier alpha value is -2.37. The van der Waals surface area contributed by atoms with Gasteiger partial charge in [0.25, 0.3) is 5.91 Å². The van der Waals surface area contributed by atoms with E-state index in [0.717, 1.165) is 9.78 Å². The number of nitrogens with one attached hydrogen (secondary N) is 1. The van der Waals surface area contributed by atoms with E-state index in [-0.39, 0.29) is 24.5 Å². The summed E-state index contributed by atoms with van der Waals surface area (Å²) >= 11 is 2.62. The lowest BCUT2D eigenvalue weighted by molar-refractivity contribution is -0.159. The van der Waals surface area contributed by atoms with Crippen LogP contribution in [0, 0.1) is 0 Å². The molecule has 0 radical (unpaired) electrons. The molecule has 0 spiro atoms. The maximum absolute atomic E-state index is 12.6. The van der Waals surface area contributed by atoms with Crippen molar-refractivity contribution in [1.82, 2.24) is 10.2 Å². The number of amides is 2. The van der Waals surface area contributed by atoms with Gasteiger partial charge in [0.15, 0.2) is 0 Å². The molecule has 1 saturated heterocycles. The lowest BCUT2D eigenvalue weighted by atomic mass is 9.96. The molecule has 9 nitrogen and oxygen atoms in total. The Kier molecular flexibility index (Phi) is 5.27. The minimum absolute atomic E-state index is 0.0839. The van der Waals surface area contributed by atoms with E-state index in [1.807, 2.05) is 11.4 Å². The van der Waals surface area contributed by atoms with Crippen LogP contribution in [0.15, 0.2) is 28.8 Å². The van der Waals surface area contributed by atoms with E-state index >= 15 is 0 Å². The molecular weight excluding hydrogens is 394 g/mol. The molecule has 2 amide bonds.